The maximum atomic E-state index is 12.2. The van der Waals surface area contributed by atoms with Crippen LogP contribution in [0.2, 0.25) is 0 Å². The van der Waals surface area contributed by atoms with E-state index in [0.29, 0.717) is 5.75 Å². The first-order chi connectivity index (χ1) is 9.23. The lowest BCUT2D eigenvalue weighted by Crippen LogP contribution is -2.35. The van der Waals surface area contributed by atoms with E-state index < -0.39 is 25.9 Å². The highest BCUT2D eigenvalue weighted by molar-refractivity contribution is 7.94. The third-order valence-corrected chi connectivity index (χ3v) is 5.70. The number of methoxy groups -OCH3 is 1. The standard InChI is InChI=1S/C11H14N2O5S2/c1-18-9-2-3-11(10(12)6-9)20(16,17)13-8-4-5-19(14,15)7-8/h2-6,8,13H,7,12H2,1H3. The molecule has 1 aromatic carbocycles. The number of nitrogen functional groups attached to an aromatic ring is 1. The molecule has 9 heteroatoms. The third-order valence-electron chi connectivity index (χ3n) is 2.74. The second-order valence-electron chi connectivity index (χ2n) is 4.29. The average molecular weight is 318 g/mol. The Bertz CT molecular complexity index is 753. The summed E-state index contributed by atoms with van der Waals surface area (Å²) in [4.78, 5) is -0.115. The fourth-order valence-electron chi connectivity index (χ4n) is 1.81. The normalized spacial score (nSPS) is 20.9. The molecule has 0 aromatic heterocycles. The molecule has 1 unspecified atom stereocenters. The van der Waals surface area contributed by atoms with Gasteiger partial charge in [-0.1, -0.05) is 6.08 Å². The van der Waals surface area contributed by atoms with Crippen molar-refractivity contribution >= 4 is 25.5 Å². The molecule has 0 aliphatic carbocycles. The smallest absolute Gasteiger partial charge is 0.243 e. The Morgan fingerprint density at radius 1 is 1.40 bits per heavy atom. The summed E-state index contributed by atoms with van der Waals surface area (Å²) in [5, 5.41) is 0.998. The fraction of sp³-hybridized carbons (Fsp3) is 0.273. The van der Waals surface area contributed by atoms with Crippen LogP contribution in [-0.2, 0) is 19.9 Å². The van der Waals surface area contributed by atoms with E-state index in [0.717, 1.165) is 5.41 Å². The van der Waals surface area contributed by atoms with Crippen LogP contribution < -0.4 is 15.2 Å². The molecule has 0 fully saturated rings. The minimum absolute atomic E-state index is 0.0293. The van der Waals surface area contributed by atoms with E-state index in [1.54, 1.807) is 0 Å². The first-order valence-electron chi connectivity index (χ1n) is 5.60. The minimum Gasteiger partial charge on any atom is -0.497 e. The van der Waals surface area contributed by atoms with Crippen molar-refractivity contribution in [2.75, 3.05) is 18.6 Å². The van der Waals surface area contributed by atoms with Crippen LogP contribution in [0.15, 0.2) is 34.6 Å². The molecule has 3 N–H and O–H groups in total. The van der Waals surface area contributed by atoms with Crippen molar-refractivity contribution in [3.63, 3.8) is 0 Å². The molecule has 0 radical (unpaired) electrons. The Labute approximate surface area is 117 Å². The van der Waals surface area contributed by atoms with Crippen LogP contribution in [0.4, 0.5) is 5.69 Å². The third kappa shape index (κ3) is 3.11. The predicted molar refractivity (Wildman–Crippen MR) is 74.4 cm³/mol. The lowest BCUT2D eigenvalue weighted by atomic mass is 10.3. The molecule has 7 nitrogen and oxygen atoms in total. The number of anilines is 1. The van der Waals surface area contributed by atoms with Gasteiger partial charge in [0.15, 0.2) is 9.84 Å². The summed E-state index contributed by atoms with van der Waals surface area (Å²) >= 11 is 0. The van der Waals surface area contributed by atoms with E-state index in [1.165, 1.54) is 31.4 Å². The van der Waals surface area contributed by atoms with Crippen LogP contribution in [0.25, 0.3) is 0 Å². The highest BCUT2D eigenvalue weighted by Gasteiger charge is 2.27. The van der Waals surface area contributed by atoms with Gasteiger partial charge in [-0.25, -0.2) is 21.6 Å². The molecule has 0 bridgehead atoms. The van der Waals surface area contributed by atoms with Gasteiger partial charge in [0.2, 0.25) is 10.0 Å². The lowest BCUT2D eigenvalue weighted by Gasteiger charge is -2.13. The molecule has 0 spiro atoms. The van der Waals surface area contributed by atoms with Crippen LogP contribution in [0.3, 0.4) is 0 Å². The molecule has 0 saturated carbocycles. The van der Waals surface area contributed by atoms with Gasteiger partial charge in [-0.3, -0.25) is 0 Å². The van der Waals surface area contributed by atoms with E-state index in [4.69, 9.17) is 10.5 Å². The second kappa shape index (κ2) is 5.08. The van der Waals surface area contributed by atoms with E-state index in [2.05, 4.69) is 4.72 Å². The summed E-state index contributed by atoms with van der Waals surface area (Å²) in [6.45, 7) is 0. The van der Waals surface area contributed by atoms with Crippen molar-refractivity contribution in [1.29, 1.82) is 0 Å². The van der Waals surface area contributed by atoms with Crippen LogP contribution in [0, 0.1) is 0 Å². The van der Waals surface area contributed by atoms with Crippen molar-refractivity contribution in [1.82, 2.24) is 4.72 Å². The molecular formula is C11H14N2O5S2. The van der Waals surface area contributed by atoms with E-state index in [9.17, 15) is 16.8 Å². The maximum Gasteiger partial charge on any atom is 0.243 e. The van der Waals surface area contributed by atoms with E-state index in [-0.39, 0.29) is 16.3 Å². The van der Waals surface area contributed by atoms with Crippen LogP contribution >= 0.6 is 0 Å². The molecule has 1 heterocycles. The zero-order chi connectivity index (χ0) is 15.0. The largest absolute Gasteiger partial charge is 0.497 e. The molecule has 0 amide bonds. The van der Waals surface area contributed by atoms with Crippen LogP contribution in [0.5, 0.6) is 5.75 Å². The number of hydrogen-bond acceptors (Lipinski definition) is 6. The number of ether oxygens (including phenoxy) is 1. The Kier molecular flexibility index (Phi) is 3.76. The van der Waals surface area contributed by atoms with E-state index in [1.807, 2.05) is 0 Å². The highest BCUT2D eigenvalue weighted by Crippen LogP contribution is 2.24. The molecule has 1 atom stereocenters. The fourth-order valence-corrected chi connectivity index (χ4v) is 4.45. The molecule has 110 valence electrons. The summed E-state index contributed by atoms with van der Waals surface area (Å²) in [6, 6.07) is 3.37. The van der Waals surface area contributed by atoms with Crippen molar-refractivity contribution in [3.8, 4) is 5.75 Å². The molecule has 1 aromatic rings. The van der Waals surface area contributed by atoms with Crippen molar-refractivity contribution in [3.05, 3.63) is 29.7 Å². The number of sulfone groups is 1. The van der Waals surface area contributed by atoms with Crippen molar-refractivity contribution in [2.24, 2.45) is 0 Å². The minimum atomic E-state index is -3.90. The van der Waals surface area contributed by atoms with Crippen molar-refractivity contribution < 1.29 is 21.6 Å². The van der Waals surface area contributed by atoms with Gasteiger partial charge in [-0.15, -0.1) is 0 Å². The van der Waals surface area contributed by atoms with Crippen LogP contribution in [0.1, 0.15) is 0 Å². The van der Waals surface area contributed by atoms with Gasteiger partial charge in [0.05, 0.1) is 24.6 Å². The summed E-state index contributed by atoms with van der Waals surface area (Å²) in [5.41, 5.74) is 5.70. The zero-order valence-electron chi connectivity index (χ0n) is 10.6. The van der Waals surface area contributed by atoms with Gasteiger partial charge in [0, 0.05) is 11.5 Å². The molecule has 20 heavy (non-hydrogen) atoms. The Morgan fingerprint density at radius 3 is 2.60 bits per heavy atom. The zero-order valence-corrected chi connectivity index (χ0v) is 12.2. The number of nitrogens with one attached hydrogen (secondary N) is 1. The maximum absolute atomic E-state index is 12.2. The number of benzene rings is 1. The second-order valence-corrected chi connectivity index (χ2v) is 7.90. The average Bonchev–Trinajstić information content (AvgIpc) is 2.67. The number of hydrogen-bond donors (Lipinski definition) is 2. The molecule has 1 aliphatic rings. The first-order valence-corrected chi connectivity index (χ1v) is 8.80. The van der Waals surface area contributed by atoms with Crippen molar-refractivity contribution in [2.45, 2.75) is 10.9 Å². The lowest BCUT2D eigenvalue weighted by molar-refractivity contribution is 0.414. The number of rotatable bonds is 4. The predicted octanol–water partition coefficient (Wildman–Crippen LogP) is -0.134. The molecule has 0 saturated heterocycles. The quantitative estimate of drug-likeness (QED) is 0.747. The summed E-state index contributed by atoms with van der Waals surface area (Å²) in [7, 11) is -5.79. The summed E-state index contributed by atoms with van der Waals surface area (Å²) < 4.78 is 54.0. The summed E-state index contributed by atoms with van der Waals surface area (Å²) in [5.74, 6) is 0.146. The van der Waals surface area contributed by atoms with Gasteiger partial charge < -0.3 is 10.5 Å². The van der Waals surface area contributed by atoms with E-state index >= 15 is 0 Å². The van der Waals surface area contributed by atoms with Gasteiger partial charge in [-0.2, -0.15) is 0 Å². The highest BCUT2D eigenvalue weighted by atomic mass is 32.2. The number of sulfonamides is 1. The Hall–Kier alpha value is -1.58. The van der Waals surface area contributed by atoms with Gasteiger partial charge in [0.1, 0.15) is 10.6 Å². The van der Waals surface area contributed by atoms with Gasteiger partial charge >= 0.3 is 0 Å². The summed E-state index contributed by atoms with van der Waals surface area (Å²) in [6.07, 6.45) is 1.30. The topological polar surface area (TPSA) is 116 Å². The molecule has 1 aliphatic heterocycles. The monoisotopic (exact) mass is 318 g/mol. The van der Waals surface area contributed by atoms with Gasteiger partial charge in [-0.05, 0) is 12.1 Å². The van der Waals surface area contributed by atoms with Crippen LogP contribution in [-0.4, -0.2) is 35.7 Å². The Morgan fingerprint density at radius 2 is 2.10 bits per heavy atom. The first kappa shape index (κ1) is 14.8. The molecular weight excluding hydrogens is 304 g/mol. The SMILES string of the molecule is COc1ccc(S(=O)(=O)NC2C=CS(=O)(=O)C2)c(N)c1. The van der Waals surface area contributed by atoms with Gasteiger partial charge in [0.25, 0.3) is 0 Å². The Balaban J connectivity index is 2.26. The molecule has 2 rings (SSSR count). The number of nitrogens with two attached hydrogens (primary N) is 1.